The summed E-state index contributed by atoms with van der Waals surface area (Å²) < 4.78 is 26.4. The number of anilines is 1. The van der Waals surface area contributed by atoms with E-state index >= 15 is 0 Å². The van der Waals surface area contributed by atoms with Crippen LogP contribution in [-0.2, 0) is 11.4 Å². The van der Waals surface area contributed by atoms with Crippen LogP contribution in [0.5, 0.6) is 11.5 Å². The van der Waals surface area contributed by atoms with Gasteiger partial charge in [0, 0.05) is 5.69 Å². The lowest BCUT2D eigenvalue weighted by atomic mass is 10.0. The van der Waals surface area contributed by atoms with Gasteiger partial charge in [-0.25, -0.2) is 9.07 Å². The van der Waals surface area contributed by atoms with Gasteiger partial charge in [0.15, 0.2) is 5.82 Å². The van der Waals surface area contributed by atoms with Gasteiger partial charge in [0.05, 0.1) is 13.2 Å². The molecule has 1 amide bonds. The highest BCUT2D eigenvalue weighted by Crippen LogP contribution is 2.37. The Kier molecular flexibility index (Phi) is 6.53. The SMILES string of the molecule is COc1ccc(NC(=O)[C@H]2Sc3nnc(COc4ccccc4)n3N[C@@H]2c2ccc(F)cc2)cc1. The number of amides is 1. The van der Waals surface area contributed by atoms with E-state index in [-0.39, 0.29) is 18.3 Å². The quantitative estimate of drug-likeness (QED) is 0.396. The molecule has 1 aliphatic heterocycles. The van der Waals surface area contributed by atoms with Crippen molar-refractivity contribution in [3.63, 3.8) is 0 Å². The average Bonchev–Trinajstić information content (AvgIpc) is 3.30. The van der Waals surface area contributed by atoms with Gasteiger partial charge in [-0.15, -0.1) is 10.2 Å². The second-order valence-corrected chi connectivity index (χ2v) is 8.86. The minimum absolute atomic E-state index is 0.184. The molecule has 10 heteroatoms. The van der Waals surface area contributed by atoms with Crippen molar-refractivity contribution in [2.45, 2.75) is 23.1 Å². The van der Waals surface area contributed by atoms with Crippen LogP contribution in [0.25, 0.3) is 0 Å². The van der Waals surface area contributed by atoms with Gasteiger partial charge in [0.25, 0.3) is 0 Å². The molecule has 0 spiro atoms. The van der Waals surface area contributed by atoms with E-state index in [1.165, 1.54) is 23.9 Å². The summed E-state index contributed by atoms with van der Waals surface area (Å²) in [4.78, 5) is 13.3. The van der Waals surface area contributed by atoms with Gasteiger partial charge in [-0.2, -0.15) is 0 Å². The molecule has 1 aromatic heterocycles. The Bertz CT molecular complexity index is 1300. The molecule has 8 nitrogen and oxygen atoms in total. The highest BCUT2D eigenvalue weighted by Gasteiger charge is 2.38. The van der Waals surface area contributed by atoms with Crippen molar-refractivity contribution in [1.82, 2.24) is 14.9 Å². The molecule has 0 radical (unpaired) electrons. The molecule has 0 fully saturated rings. The zero-order valence-electron chi connectivity index (χ0n) is 18.7. The van der Waals surface area contributed by atoms with Gasteiger partial charge >= 0.3 is 0 Å². The zero-order valence-corrected chi connectivity index (χ0v) is 19.5. The lowest BCUT2D eigenvalue weighted by Crippen LogP contribution is -2.41. The molecule has 35 heavy (non-hydrogen) atoms. The predicted molar refractivity (Wildman–Crippen MR) is 131 cm³/mol. The number of aromatic nitrogens is 3. The van der Waals surface area contributed by atoms with Gasteiger partial charge in [-0.1, -0.05) is 42.1 Å². The first-order valence-electron chi connectivity index (χ1n) is 10.9. The number of ether oxygens (including phenoxy) is 2. The minimum Gasteiger partial charge on any atom is -0.497 e. The van der Waals surface area contributed by atoms with Crippen LogP contribution >= 0.6 is 11.8 Å². The van der Waals surface area contributed by atoms with E-state index in [2.05, 4.69) is 20.9 Å². The number of hydrogen-bond acceptors (Lipinski definition) is 7. The van der Waals surface area contributed by atoms with Crippen molar-refractivity contribution in [2.24, 2.45) is 0 Å². The molecular formula is C25H22FN5O3S. The molecule has 0 aliphatic carbocycles. The fraction of sp³-hybridized carbons (Fsp3) is 0.160. The van der Waals surface area contributed by atoms with Crippen LogP contribution in [-0.4, -0.2) is 33.1 Å². The summed E-state index contributed by atoms with van der Waals surface area (Å²) >= 11 is 1.28. The lowest BCUT2D eigenvalue weighted by Gasteiger charge is -2.33. The van der Waals surface area contributed by atoms with Crippen molar-refractivity contribution in [3.8, 4) is 11.5 Å². The van der Waals surface area contributed by atoms with Crippen molar-refractivity contribution < 1.29 is 18.7 Å². The summed E-state index contributed by atoms with van der Waals surface area (Å²) in [6.45, 7) is 0.184. The van der Waals surface area contributed by atoms with Gasteiger partial charge < -0.3 is 20.2 Å². The van der Waals surface area contributed by atoms with E-state index in [9.17, 15) is 9.18 Å². The van der Waals surface area contributed by atoms with Crippen LogP contribution in [0, 0.1) is 5.82 Å². The van der Waals surface area contributed by atoms with Crippen molar-refractivity contribution in [2.75, 3.05) is 17.9 Å². The van der Waals surface area contributed by atoms with Crippen molar-refractivity contribution >= 4 is 23.4 Å². The van der Waals surface area contributed by atoms with Crippen LogP contribution < -0.4 is 20.2 Å². The Morgan fingerprint density at radius 1 is 1.03 bits per heavy atom. The summed E-state index contributed by atoms with van der Waals surface area (Å²) in [7, 11) is 1.58. The number of carbonyl (C=O) groups is 1. The third-order valence-corrected chi connectivity index (χ3v) is 6.68. The Labute approximate surface area is 205 Å². The second kappa shape index (κ2) is 10.1. The maximum absolute atomic E-state index is 13.6. The molecule has 0 unspecified atom stereocenters. The number of hydrogen-bond donors (Lipinski definition) is 2. The van der Waals surface area contributed by atoms with E-state index in [1.807, 2.05) is 30.3 Å². The van der Waals surface area contributed by atoms with Crippen LogP contribution in [0.4, 0.5) is 10.1 Å². The Balaban J connectivity index is 1.40. The number of benzene rings is 3. The number of carbonyl (C=O) groups excluding carboxylic acids is 1. The molecule has 4 aromatic rings. The molecule has 0 saturated heterocycles. The molecular weight excluding hydrogens is 469 g/mol. The van der Waals surface area contributed by atoms with Crippen LogP contribution in [0.3, 0.4) is 0 Å². The van der Waals surface area contributed by atoms with Crippen LogP contribution in [0.1, 0.15) is 17.4 Å². The highest BCUT2D eigenvalue weighted by molar-refractivity contribution is 8.00. The average molecular weight is 492 g/mol. The number of fused-ring (bicyclic) bond motifs is 1. The van der Waals surface area contributed by atoms with Gasteiger partial charge in [0.2, 0.25) is 11.1 Å². The zero-order chi connectivity index (χ0) is 24.2. The lowest BCUT2D eigenvalue weighted by molar-refractivity contribution is -0.116. The first-order chi connectivity index (χ1) is 17.1. The maximum atomic E-state index is 13.6. The standard InChI is InChI=1S/C25H22FN5O3S/c1-33-19-13-11-18(12-14-19)27-24(32)23-22(16-7-9-17(26)10-8-16)30-31-21(28-29-25(31)35-23)15-34-20-5-3-2-4-6-20/h2-14,22-23,30H,15H2,1H3,(H,27,32)/t22-,23+/m1/s1. The van der Waals surface area contributed by atoms with E-state index in [1.54, 1.807) is 48.2 Å². The maximum Gasteiger partial charge on any atom is 0.240 e. The van der Waals surface area contributed by atoms with E-state index in [0.717, 1.165) is 5.56 Å². The molecule has 178 valence electrons. The normalized spacial score (nSPS) is 16.6. The molecule has 3 aromatic carbocycles. The molecule has 2 atom stereocenters. The molecule has 2 heterocycles. The number of halogens is 1. The summed E-state index contributed by atoms with van der Waals surface area (Å²) in [5.74, 6) is 1.38. The molecule has 0 bridgehead atoms. The topological polar surface area (TPSA) is 90.3 Å². The third kappa shape index (κ3) is 5.07. The Hall–Kier alpha value is -4.05. The first kappa shape index (κ1) is 22.7. The molecule has 1 aliphatic rings. The summed E-state index contributed by atoms with van der Waals surface area (Å²) in [6.07, 6.45) is 0. The Morgan fingerprint density at radius 2 is 1.77 bits per heavy atom. The van der Waals surface area contributed by atoms with E-state index in [4.69, 9.17) is 9.47 Å². The number of thioether (sulfide) groups is 1. The van der Waals surface area contributed by atoms with E-state index < -0.39 is 11.3 Å². The number of nitrogens with zero attached hydrogens (tertiary/aromatic N) is 3. The Morgan fingerprint density at radius 3 is 2.49 bits per heavy atom. The van der Waals surface area contributed by atoms with Crippen molar-refractivity contribution in [3.05, 3.63) is 96.1 Å². The summed E-state index contributed by atoms with van der Waals surface area (Å²) in [5, 5.41) is 11.4. The first-order valence-corrected chi connectivity index (χ1v) is 11.7. The van der Waals surface area contributed by atoms with E-state index in [0.29, 0.717) is 28.2 Å². The summed E-state index contributed by atoms with van der Waals surface area (Å²) in [6, 6.07) is 22.1. The molecule has 0 saturated carbocycles. The van der Waals surface area contributed by atoms with Crippen molar-refractivity contribution in [1.29, 1.82) is 0 Å². The predicted octanol–water partition coefficient (Wildman–Crippen LogP) is 4.40. The summed E-state index contributed by atoms with van der Waals surface area (Å²) in [5.41, 5.74) is 4.73. The fourth-order valence-corrected chi connectivity index (χ4v) is 4.76. The second-order valence-electron chi connectivity index (χ2n) is 7.75. The van der Waals surface area contributed by atoms with Gasteiger partial charge in [-0.3, -0.25) is 4.79 Å². The largest absolute Gasteiger partial charge is 0.497 e. The van der Waals surface area contributed by atoms with Gasteiger partial charge in [-0.05, 0) is 54.1 Å². The van der Waals surface area contributed by atoms with Gasteiger partial charge in [0.1, 0.15) is 29.2 Å². The molecule has 2 N–H and O–H groups in total. The third-order valence-electron chi connectivity index (χ3n) is 5.46. The minimum atomic E-state index is -0.595. The fourth-order valence-electron chi connectivity index (χ4n) is 3.66. The smallest absolute Gasteiger partial charge is 0.240 e. The number of methoxy groups -OCH3 is 1. The van der Waals surface area contributed by atoms with Crippen LogP contribution in [0.15, 0.2) is 84.0 Å². The van der Waals surface area contributed by atoms with Crippen LogP contribution in [0.2, 0.25) is 0 Å². The number of nitrogens with one attached hydrogen (secondary N) is 2. The highest BCUT2D eigenvalue weighted by atomic mass is 32.2. The number of para-hydroxylation sites is 1. The monoisotopic (exact) mass is 491 g/mol. The number of rotatable bonds is 7. The molecule has 5 rings (SSSR count).